The molecule has 1 amide bonds. The Labute approximate surface area is 116 Å². The summed E-state index contributed by atoms with van der Waals surface area (Å²) in [7, 11) is 0. The van der Waals surface area contributed by atoms with Crippen molar-refractivity contribution in [3.8, 4) is 0 Å². The summed E-state index contributed by atoms with van der Waals surface area (Å²) in [5.74, 6) is -1.47. The summed E-state index contributed by atoms with van der Waals surface area (Å²) in [5.41, 5.74) is -1.12. The second-order valence-electron chi connectivity index (χ2n) is 4.37. The summed E-state index contributed by atoms with van der Waals surface area (Å²) in [4.78, 5) is 53.8. The van der Waals surface area contributed by atoms with E-state index in [0.29, 0.717) is 0 Å². The fourth-order valence-corrected chi connectivity index (χ4v) is 1.90. The summed E-state index contributed by atoms with van der Waals surface area (Å²) in [6.45, 7) is 1.33. The molecule has 0 atom stereocenters. The number of carboxylic acids is 1. The van der Waals surface area contributed by atoms with Crippen LogP contribution < -0.4 is 16.6 Å². The number of fused-ring (bicyclic) bond motifs is 1. The number of hydrogen-bond donors (Lipinski definition) is 4. The maximum atomic E-state index is 12.0. The molecule has 0 saturated heterocycles. The van der Waals surface area contributed by atoms with E-state index in [1.165, 1.54) is 6.92 Å². The van der Waals surface area contributed by atoms with E-state index in [-0.39, 0.29) is 36.5 Å². The predicted molar refractivity (Wildman–Crippen MR) is 72.1 cm³/mol. The number of aryl methyl sites for hydroxylation is 1. The maximum absolute atomic E-state index is 12.0. The van der Waals surface area contributed by atoms with E-state index >= 15 is 0 Å². The number of H-pyrrole nitrogens is 2. The molecule has 0 aliphatic carbocycles. The molecule has 0 aromatic carbocycles. The minimum atomic E-state index is -0.983. The minimum Gasteiger partial charge on any atom is -0.481 e. The Bertz CT molecular complexity index is 814. The summed E-state index contributed by atoms with van der Waals surface area (Å²) in [5, 5.41) is 10.9. The average Bonchev–Trinajstić information content (AvgIpc) is 2.64. The molecule has 0 bridgehead atoms. The normalized spacial score (nSPS) is 10.7. The first-order valence-electron chi connectivity index (χ1n) is 6.10. The standard InChI is InChI=1S/C11H13N5O5/c1-5(17)12-10-13-8-7(9(20)15-10)16(11(21)14-8)4-2-3-6(18)19/h2-4H2,1H3,(H,18,19)(H3,12,13,14,15,17,20,21). The van der Waals surface area contributed by atoms with Gasteiger partial charge < -0.3 is 5.11 Å². The van der Waals surface area contributed by atoms with E-state index in [1.54, 1.807) is 0 Å². The van der Waals surface area contributed by atoms with Crippen LogP contribution >= 0.6 is 0 Å². The number of anilines is 1. The Morgan fingerprint density at radius 2 is 2.05 bits per heavy atom. The van der Waals surface area contributed by atoms with Gasteiger partial charge in [0.05, 0.1) is 0 Å². The molecular weight excluding hydrogens is 282 g/mol. The molecular formula is C11H13N5O5. The molecule has 21 heavy (non-hydrogen) atoms. The smallest absolute Gasteiger partial charge is 0.327 e. The van der Waals surface area contributed by atoms with Gasteiger partial charge in [-0.15, -0.1) is 0 Å². The van der Waals surface area contributed by atoms with E-state index in [0.717, 1.165) is 4.57 Å². The van der Waals surface area contributed by atoms with Gasteiger partial charge in [-0.3, -0.25) is 34.2 Å². The third-order valence-electron chi connectivity index (χ3n) is 2.70. The molecule has 112 valence electrons. The molecule has 2 aromatic heterocycles. The fourth-order valence-electron chi connectivity index (χ4n) is 1.90. The Morgan fingerprint density at radius 1 is 1.33 bits per heavy atom. The Hall–Kier alpha value is -2.91. The van der Waals surface area contributed by atoms with Gasteiger partial charge in [0.2, 0.25) is 11.9 Å². The zero-order valence-electron chi connectivity index (χ0n) is 11.1. The van der Waals surface area contributed by atoms with Gasteiger partial charge in [0.25, 0.3) is 5.56 Å². The van der Waals surface area contributed by atoms with Crippen LogP contribution in [0, 0.1) is 0 Å². The lowest BCUT2D eigenvalue weighted by Crippen LogP contribution is -2.22. The van der Waals surface area contributed by atoms with Crippen LogP contribution in [0.15, 0.2) is 9.59 Å². The van der Waals surface area contributed by atoms with Crippen molar-refractivity contribution in [3.63, 3.8) is 0 Å². The number of aliphatic carboxylic acids is 1. The van der Waals surface area contributed by atoms with Crippen LogP contribution in [-0.2, 0) is 16.1 Å². The molecule has 4 N–H and O–H groups in total. The Kier molecular flexibility index (Phi) is 3.87. The number of nitrogens with one attached hydrogen (secondary N) is 3. The average molecular weight is 295 g/mol. The first-order valence-corrected chi connectivity index (χ1v) is 6.10. The maximum Gasteiger partial charge on any atom is 0.327 e. The Morgan fingerprint density at radius 3 is 2.67 bits per heavy atom. The first-order chi connectivity index (χ1) is 9.88. The van der Waals surface area contributed by atoms with E-state index in [4.69, 9.17) is 5.11 Å². The number of aromatic nitrogens is 4. The van der Waals surface area contributed by atoms with Crippen molar-refractivity contribution in [2.45, 2.75) is 26.3 Å². The number of carbonyl (C=O) groups excluding carboxylic acids is 1. The van der Waals surface area contributed by atoms with Crippen molar-refractivity contribution in [3.05, 3.63) is 20.8 Å². The van der Waals surface area contributed by atoms with Crippen LogP contribution in [0.1, 0.15) is 19.8 Å². The highest BCUT2D eigenvalue weighted by molar-refractivity contribution is 5.87. The molecule has 10 nitrogen and oxygen atoms in total. The largest absolute Gasteiger partial charge is 0.481 e. The molecule has 0 unspecified atom stereocenters. The lowest BCUT2D eigenvalue weighted by Gasteiger charge is -2.02. The van der Waals surface area contributed by atoms with Gasteiger partial charge in [-0.2, -0.15) is 4.98 Å². The number of rotatable bonds is 5. The number of nitrogens with zero attached hydrogens (tertiary/aromatic N) is 2. The molecule has 10 heteroatoms. The second kappa shape index (κ2) is 5.61. The number of carbonyl (C=O) groups is 2. The zero-order chi connectivity index (χ0) is 15.6. The summed E-state index contributed by atoms with van der Waals surface area (Å²) in [6.07, 6.45) is 0.0868. The van der Waals surface area contributed by atoms with Crippen LogP contribution in [0.25, 0.3) is 11.2 Å². The van der Waals surface area contributed by atoms with E-state index in [1.807, 2.05) is 0 Å². The molecule has 0 saturated carbocycles. The molecule has 2 heterocycles. The van der Waals surface area contributed by atoms with Gasteiger partial charge in [-0.1, -0.05) is 0 Å². The molecule has 2 rings (SSSR count). The quantitative estimate of drug-likeness (QED) is 0.569. The van der Waals surface area contributed by atoms with Gasteiger partial charge in [0.1, 0.15) is 0 Å². The summed E-state index contributed by atoms with van der Waals surface area (Å²) < 4.78 is 1.13. The molecule has 0 aliphatic rings. The summed E-state index contributed by atoms with van der Waals surface area (Å²) >= 11 is 0. The van der Waals surface area contributed by atoms with Gasteiger partial charge in [0.15, 0.2) is 11.2 Å². The monoisotopic (exact) mass is 295 g/mol. The van der Waals surface area contributed by atoms with Crippen LogP contribution in [0.4, 0.5) is 5.95 Å². The fraction of sp³-hybridized carbons (Fsp3) is 0.364. The van der Waals surface area contributed by atoms with Crippen LogP contribution in [0.2, 0.25) is 0 Å². The van der Waals surface area contributed by atoms with Crippen molar-refractivity contribution in [2.75, 3.05) is 5.32 Å². The number of amides is 1. The number of carboxylic acid groups (broad SMARTS) is 1. The van der Waals surface area contributed by atoms with Gasteiger partial charge in [-0.25, -0.2) is 4.79 Å². The SMILES string of the molecule is CC(=O)Nc1nc2[nH]c(=O)n(CCCC(=O)O)c2c(=O)[nH]1. The van der Waals surface area contributed by atoms with Crippen molar-refractivity contribution in [1.29, 1.82) is 0 Å². The molecule has 0 radical (unpaired) electrons. The molecule has 0 spiro atoms. The van der Waals surface area contributed by atoms with E-state index in [2.05, 4.69) is 20.3 Å². The molecule has 0 aliphatic heterocycles. The number of imidazole rings is 1. The van der Waals surface area contributed by atoms with Crippen molar-refractivity contribution < 1.29 is 14.7 Å². The third-order valence-corrected chi connectivity index (χ3v) is 2.70. The lowest BCUT2D eigenvalue weighted by atomic mass is 10.3. The molecule has 2 aromatic rings. The highest BCUT2D eigenvalue weighted by Crippen LogP contribution is 2.06. The minimum absolute atomic E-state index is 0.0134. The highest BCUT2D eigenvalue weighted by atomic mass is 16.4. The van der Waals surface area contributed by atoms with E-state index in [9.17, 15) is 19.2 Å². The summed E-state index contributed by atoms with van der Waals surface area (Å²) in [6, 6.07) is 0. The van der Waals surface area contributed by atoms with E-state index < -0.39 is 23.1 Å². The third kappa shape index (κ3) is 3.16. The van der Waals surface area contributed by atoms with Crippen LogP contribution in [0.3, 0.4) is 0 Å². The van der Waals surface area contributed by atoms with Gasteiger partial charge >= 0.3 is 11.7 Å². The van der Waals surface area contributed by atoms with Crippen molar-refractivity contribution in [1.82, 2.24) is 19.5 Å². The van der Waals surface area contributed by atoms with Crippen LogP contribution in [-0.4, -0.2) is 36.5 Å². The Balaban J connectivity index is 2.41. The predicted octanol–water partition coefficient (Wildman–Crippen LogP) is -0.764. The number of hydrogen-bond acceptors (Lipinski definition) is 5. The first kappa shape index (κ1) is 14.5. The lowest BCUT2D eigenvalue weighted by molar-refractivity contribution is -0.137. The number of aromatic amines is 2. The van der Waals surface area contributed by atoms with Crippen LogP contribution in [0.5, 0.6) is 0 Å². The van der Waals surface area contributed by atoms with Crippen molar-refractivity contribution >= 4 is 29.0 Å². The van der Waals surface area contributed by atoms with Crippen molar-refractivity contribution in [2.24, 2.45) is 0 Å². The highest BCUT2D eigenvalue weighted by Gasteiger charge is 2.14. The zero-order valence-corrected chi connectivity index (χ0v) is 11.1. The second-order valence-corrected chi connectivity index (χ2v) is 4.37. The topological polar surface area (TPSA) is 150 Å². The van der Waals surface area contributed by atoms with Gasteiger partial charge in [-0.05, 0) is 6.42 Å². The molecule has 0 fully saturated rings. The van der Waals surface area contributed by atoms with Gasteiger partial charge in [0, 0.05) is 19.9 Å².